The summed E-state index contributed by atoms with van der Waals surface area (Å²) in [5.41, 5.74) is 1.28. The van der Waals surface area contributed by atoms with E-state index in [0.717, 1.165) is 50.1 Å². The fourth-order valence-corrected chi connectivity index (χ4v) is 3.65. The quantitative estimate of drug-likeness (QED) is 0.265. The van der Waals surface area contributed by atoms with Crippen molar-refractivity contribution in [2.45, 2.75) is 19.8 Å². The fourth-order valence-electron chi connectivity index (χ4n) is 3.07. The molecule has 1 atom stereocenters. The molecule has 0 bridgehead atoms. The highest BCUT2D eigenvalue weighted by molar-refractivity contribution is 7.99. The molecule has 1 aromatic carbocycles. The SMILES string of the molecule is C=CCSCCNC(=NCC1CC(=O)N(CCc2ccccc2)C1)NCC. The van der Waals surface area contributed by atoms with E-state index in [9.17, 15) is 4.79 Å². The largest absolute Gasteiger partial charge is 0.357 e. The van der Waals surface area contributed by atoms with Crippen molar-refractivity contribution in [3.05, 3.63) is 48.6 Å². The lowest BCUT2D eigenvalue weighted by molar-refractivity contribution is -0.127. The summed E-state index contributed by atoms with van der Waals surface area (Å²) in [5.74, 6) is 3.39. The molecule has 1 unspecified atom stereocenters. The van der Waals surface area contributed by atoms with Crippen molar-refractivity contribution in [2.24, 2.45) is 10.9 Å². The predicted molar refractivity (Wildman–Crippen MR) is 116 cm³/mol. The van der Waals surface area contributed by atoms with Crippen LogP contribution < -0.4 is 10.6 Å². The van der Waals surface area contributed by atoms with Crippen LogP contribution in [0.1, 0.15) is 18.9 Å². The van der Waals surface area contributed by atoms with Gasteiger partial charge in [-0.05, 0) is 18.9 Å². The molecule has 0 radical (unpaired) electrons. The van der Waals surface area contributed by atoms with Crippen LogP contribution in [0.4, 0.5) is 0 Å². The lowest BCUT2D eigenvalue weighted by Crippen LogP contribution is -2.38. The number of guanidine groups is 1. The number of rotatable bonds is 11. The van der Waals surface area contributed by atoms with E-state index >= 15 is 0 Å². The van der Waals surface area contributed by atoms with Gasteiger partial charge in [0.25, 0.3) is 0 Å². The van der Waals surface area contributed by atoms with Gasteiger partial charge < -0.3 is 15.5 Å². The summed E-state index contributed by atoms with van der Waals surface area (Å²) in [7, 11) is 0. The Labute approximate surface area is 167 Å². The highest BCUT2D eigenvalue weighted by Crippen LogP contribution is 2.18. The van der Waals surface area contributed by atoms with Crippen LogP contribution in [0.5, 0.6) is 0 Å². The summed E-state index contributed by atoms with van der Waals surface area (Å²) < 4.78 is 0. The van der Waals surface area contributed by atoms with E-state index in [1.165, 1.54) is 5.56 Å². The third kappa shape index (κ3) is 8.08. The van der Waals surface area contributed by atoms with Crippen molar-refractivity contribution < 1.29 is 4.79 Å². The van der Waals surface area contributed by atoms with Gasteiger partial charge in [-0.15, -0.1) is 6.58 Å². The first kappa shape index (κ1) is 21.4. The van der Waals surface area contributed by atoms with Gasteiger partial charge in [-0.25, -0.2) is 0 Å². The van der Waals surface area contributed by atoms with Crippen LogP contribution in [0.25, 0.3) is 0 Å². The minimum atomic E-state index is 0.255. The Balaban J connectivity index is 1.75. The van der Waals surface area contributed by atoms with Crippen LogP contribution in [0, 0.1) is 5.92 Å². The minimum Gasteiger partial charge on any atom is -0.357 e. The first-order valence-corrected chi connectivity index (χ1v) is 10.9. The van der Waals surface area contributed by atoms with Crippen LogP contribution in [0.3, 0.4) is 0 Å². The van der Waals surface area contributed by atoms with E-state index in [4.69, 9.17) is 0 Å². The Kier molecular flexibility index (Phi) is 9.84. The summed E-state index contributed by atoms with van der Waals surface area (Å²) in [4.78, 5) is 19.0. The Hall–Kier alpha value is -1.95. The maximum absolute atomic E-state index is 12.3. The molecule has 1 aliphatic heterocycles. The van der Waals surface area contributed by atoms with E-state index in [-0.39, 0.29) is 5.91 Å². The van der Waals surface area contributed by atoms with Crippen molar-refractivity contribution in [3.8, 4) is 0 Å². The molecule has 1 aromatic rings. The van der Waals surface area contributed by atoms with Gasteiger partial charge in [0.05, 0.1) is 0 Å². The smallest absolute Gasteiger partial charge is 0.223 e. The van der Waals surface area contributed by atoms with Gasteiger partial charge >= 0.3 is 0 Å². The molecule has 5 nitrogen and oxygen atoms in total. The van der Waals surface area contributed by atoms with Crippen LogP contribution in [0.2, 0.25) is 0 Å². The molecule has 1 heterocycles. The summed E-state index contributed by atoms with van der Waals surface area (Å²) in [5, 5.41) is 6.64. The first-order valence-electron chi connectivity index (χ1n) is 9.75. The first-order chi connectivity index (χ1) is 13.2. The lowest BCUT2D eigenvalue weighted by atomic mass is 10.1. The average Bonchev–Trinajstić information content (AvgIpc) is 3.04. The third-order valence-corrected chi connectivity index (χ3v) is 5.40. The molecule has 148 valence electrons. The van der Waals surface area contributed by atoms with Crippen LogP contribution in [-0.2, 0) is 11.2 Å². The maximum Gasteiger partial charge on any atom is 0.223 e. The number of nitrogens with one attached hydrogen (secondary N) is 2. The number of thioether (sulfide) groups is 1. The second kappa shape index (κ2) is 12.4. The summed E-state index contributed by atoms with van der Waals surface area (Å²) >= 11 is 1.85. The van der Waals surface area contributed by atoms with E-state index in [2.05, 4.69) is 41.3 Å². The van der Waals surface area contributed by atoms with Crippen molar-refractivity contribution in [2.75, 3.05) is 44.2 Å². The molecule has 1 saturated heterocycles. The number of hydrogen-bond acceptors (Lipinski definition) is 3. The molecular formula is C21H32N4OS. The molecule has 1 amide bonds. The van der Waals surface area contributed by atoms with E-state index in [1.807, 2.05) is 40.9 Å². The van der Waals surface area contributed by atoms with Gasteiger partial charge in [0.15, 0.2) is 5.96 Å². The second-order valence-electron chi connectivity index (χ2n) is 6.66. The molecule has 1 aliphatic rings. The van der Waals surface area contributed by atoms with Crippen LogP contribution >= 0.6 is 11.8 Å². The molecule has 0 aliphatic carbocycles. The molecule has 6 heteroatoms. The topological polar surface area (TPSA) is 56.7 Å². The van der Waals surface area contributed by atoms with Crippen LogP contribution in [0.15, 0.2) is 48.0 Å². The fraction of sp³-hybridized carbons (Fsp3) is 0.524. The number of carbonyl (C=O) groups excluding carboxylic acids is 1. The van der Waals surface area contributed by atoms with Crippen molar-refractivity contribution in [1.29, 1.82) is 0 Å². The number of carbonyl (C=O) groups is 1. The van der Waals surface area contributed by atoms with E-state index in [0.29, 0.717) is 18.9 Å². The minimum absolute atomic E-state index is 0.255. The van der Waals surface area contributed by atoms with Gasteiger partial charge in [-0.1, -0.05) is 36.4 Å². The zero-order valence-corrected chi connectivity index (χ0v) is 17.1. The highest BCUT2D eigenvalue weighted by Gasteiger charge is 2.28. The molecule has 0 aromatic heterocycles. The zero-order valence-electron chi connectivity index (χ0n) is 16.3. The Morgan fingerprint density at radius 2 is 2.19 bits per heavy atom. The number of hydrogen-bond donors (Lipinski definition) is 2. The van der Waals surface area contributed by atoms with Gasteiger partial charge in [0.1, 0.15) is 0 Å². The molecule has 2 rings (SSSR count). The molecule has 27 heavy (non-hydrogen) atoms. The number of nitrogens with zero attached hydrogens (tertiary/aromatic N) is 2. The number of amides is 1. The maximum atomic E-state index is 12.3. The van der Waals surface area contributed by atoms with Crippen molar-refractivity contribution in [3.63, 3.8) is 0 Å². The third-order valence-electron chi connectivity index (χ3n) is 4.43. The Morgan fingerprint density at radius 1 is 1.37 bits per heavy atom. The number of likely N-dealkylation sites (tertiary alicyclic amines) is 1. The molecule has 0 saturated carbocycles. The highest BCUT2D eigenvalue weighted by atomic mass is 32.2. The van der Waals surface area contributed by atoms with Crippen molar-refractivity contribution >= 4 is 23.6 Å². The normalized spacial score (nSPS) is 17.2. The summed E-state index contributed by atoms with van der Waals surface area (Å²) in [6, 6.07) is 10.3. The summed E-state index contributed by atoms with van der Waals surface area (Å²) in [6.45, 7) is 9.78. The number of benzene rings is 1. The molecule has 2 N–H and O–H groups in total. The zero-order chi connectivity index (χ0) is 19.3. The number of aliphatic imine (C=N–C) groups is 1. The Bertz CT molecular complexity index is 605. The summed E-state index contributed by atoms with van der Waals surface area (Å²) in [6.07, 6.45) is 3.44. The molecule has 0 spiro atoms. The van der Waals surface area contributed by atoms with Gasteiger partial charge in [-0.3, -0.25) is 9.79 Å². The monoisotopic (exact) mass is 388 g/mol. The second-order valence-corrected chi connectivity index (χ2v) is 7.81. The molecule has 1 fully saturated rings. The van der Waals surface area contributed by atoms with Crippen molar-refractivity contribution in [1.82, 2.24) is 15.5 Å². The standard InChI is InChI=1S/C21H32N4OS/c1-3-13-27-14-11-23-21(22-4-2)24-16-19-15-20(26)25(17-19)12-10-18-8-6-5-7-9-18/h3,5-9,19H,1,4,10-17H2,2H3,(H2,22,23,24). The van der Waals surface area contributed by atoms with E-state index < -0.39 is 0 Å². The van der Waals surface area contributed by atoms with Gasteiger partial charge in [0.2, 0.25) is 5.91 Å². The lowest BCUT2D eigenvalue weighted by Gasteiger charge is -2.16. The van der Waals surface area contributed by atoms with Gasteiger partial charge in [-0.2, -0.15) is 11.8 Å². The van der Waals surface area contributed by atoms with Gasteiger partial charge in [0, 0.05) is 56.6 Å². The predicted octanol–water partition coefficient (Wildman–Crippen LogP) is 2.55. The van der Waals surface area contributed by atoms with Crippen LogP contribution in [-0.4, -0.2) is 61.0 Å². The Morgan fingerprint density at radius 3 is 2.93 bits per heavy atom. The average molecular weight is 389 g/mol. The molecular weight excluding hydrogens is 356 g/mol. The van der Waals surface area contributed by atoms with E-state index in [1.54, 1.807) is 0 Å².